The Labute approximate surface area is 104 Å². The molecule has 0 spiro atoms. The molecule has 1 heterocycles. The Morgan fingerprint density at radius 2 is 1.75 bits per heavy atom. The van der Waals surface area contributed by atoms with E-state index in [1.807, 2.05) is 0 Å². The summed E-state index contributed by atoms with van der Waals surface area (Å²) < 4.78 is 7.58. The largest absolute Gasteiger partial charge is 0.425 e. The average molecular weight is 238 g/mol. The fourth-order valence-corrected chi connectivity index (χ4v) is 2.39. The molecule has 0 N–H and O–H groups in total. The maximum absolute atomic E-state index is 6.24. The number of hydrogen-bond donors (Lipinski definition) is 0. The molecule has 0 radical (unpaired) electrons. The van der Waals surface area contributed by atoms with Crippen LogP contribution >= 0.6 is 11.3 Å². The number of thiophene rings is 1. The van der Waals surface area contributed by atoms with Crippen LogP contribution in [0.4, 0.5) is 0 Å². The highest BCUT2D eigenvalue weighted by atomic mass is 32.1. The lowest BCUT2D eigenvalue weighted by Crippen LogP contribution is -2.46. The van der Waals surface area contributed by atoms with Gasteiger partial charge in [-0.05, 0) is 43.2 Å². The molecule has 1 rings (SSSR count). The molecule has 0 aliphatic carbocycles. The third kappa shape index (κ3) is 2.89. The Morgan fingerprint density at radius 1 is 1.19 bits per heavy atom. The summed E-state index contributed by atoms with van der Waals surface area (Å²) in [5, 5.41) is 2.13. The molecule has 0 bridgehead atoms. The molecular weight excluding hydrogens is 215 g/mol. The van der Waals surface area contributed by atoms with Crippen molar-refractivity contribution in [3.63, 3.8) is 0 Å². The molecule has 0 atom stereocenters. The van der Waals surface area contributed by atoms with Crippen molar-refractivity contribution in [2.75, 3.05) is 0 Å². The quantitative estimate of drug-likeness (QED) is 0.729. The molecule has 0 amide bonds. The molecule has 16 heavy (non-hydrogen) atoms. The van der Waals surface area contributed by atoms with Gasteiger partial charge in [-0.2, -0.15) is 11.3 Å². The first-order valence-electron chi connectivity index (χ1n) is 5.87. The minimum atomic E-state index is -0.122. The highest BCUT2D eigenvalue weighted by Crippen LogP contribution is 2.33. The highest BCUT2D eigenvalue weighted by molar-refractivity contribution is 7.21. The number of hydrogen-bond acceptors (Lipinski definition) is 2. The van der Waals surface area contributed by atoms with Crippen LogP contribution in [0, 0.1) is 12.3 Å². The Bertz CT molecular complexity index is 349. The van der Waals surface area contributed by atoms with Gasteiger partial charge in [0.2, 0.25) is 0 Å². The molecule has 90 valence electrons. The lowest BCUT2D eigenvalue weighted by molar-refractivity contribution is 0.000551. The summed E-state index contributed by atoms with van der Waals surface area (Å²) in [6.07, 6.45) is 0. The molecule has 1 aromatic heterocycles. The van der Waals surface area contributed by atoms with Gasteiger partial charge in [0.15, 0.2) is 0 Å². The standard InChI is InChI=1S/C13H23BOS/c1-10-8-9-16-11(10)14(7)15-13(5,6)12(2,3)4/h8-9H,1-7H3. The second kappa shape index (κ2) is 4.54. The first-order valence-corrected chi connectivity index (χ1v) is 6.75. The molecule has 1 nitrogen and oxygen atoms in total. The average Bonchev–Trinajstić information content (AvgIpc) is 2.48. The van der Waals surface area contributed by atoms with E-state index in [9.17, 15) is 0 Å². The van der Waals surface area contributed by atoms with Gasteiger partial charge in [0.1, 0.15) is 0 Å². The summed E-state index contributed by atoms with van der Waals surface area (Å²) in [6.45, 7) is 15.5. The van der Waals surface area contributed by atoms with Crippen LogP contribution in [0.15, 0.2) is 11.4 Å². The molecule has 0 unspecified atom stereocenters. The van der Waals surface area contributed by atoms with E-state index in [2.05, 4.69) is 59.8 Å². The second-order valence-corrected chi connectivity index (χ2v) is 6.94. The van der Waals surface area contributed by atoms with E-state index < -0.39 is 0 Å². The first kappa shape index (κ1) is 13.8. The predicted octanol–water partition coefficient (Wildman–Crippen LogP) is 3.73. The molecule has 0 aliphatic heterocycles. The van der Waals surface area contributed by atoms with Crippen molar-refractivity contribution < 1.29 is 4.65 Å². The Hall–Kier alpha value is -0.275. The van der Waals surface area contributed by atoms with Crippen molar-refractivity contribution in [3.05, 3.63) is 17.0 Å². The van der Waals surface area contributed by atoms with Gasteiger partial charge in [-0.15, -0.1) is 0 Å². The first-order chi connectivity index (χ1) is 7.15. The Balaban J connectivity index is 2.80. The van der Waals surface area contributed by atoms with Crippen LogP contribution in [0.25, 0.3) is 0 Å². The lowest BCUT2D eigenvalue weighted by Gasteiger charge is -2.40. The fourth-order valence-electron chi connectivity index (χ4n) is 1.47. The monoisotopic (exact) mass is 238 g/mol. The molecule has 3 heteroatoms. The minimum Gasteiger partial charge on any atom is -0.425 e. The summed E-state index contributed by atoms with van der Waals surface area (Å²) in [6, 6.07) is 2.16. The Morgan fingerprint density at radius 3 is 2.12 bits per heavy atom. The van der Waals surface area contributed by atoms with Gasteiger partial charge in [-0.3, -0.25) is 0 Å². The fraction of sp³-hybridized carbons (Fsp3) is 0.692. The molecule has 1 aromatic rings. The molecule has 0 saturated heterocycles. The van der Waals surface area contributed by atoms with Gasteiger partial charge in [0.05, 0.1) is 5.60 Å². The lowest BCUT2D eigenvalue weighted by atomic mass is 9.65. The zero-order valence-electron chi connectivity index (χ0n) is 11.5. The van der Waals surface area contributed by atoms with Gasteiger partial charge in [0, 0.05) is 4.78 Å². The van der Waals surface area contributed by atoms with E-state index in [0.717, 1.165) is 0 Å². The molecule has 0 aliphatic rings. The van der Waals surface area contributed by atoms with Crippen LogP contribution < -0.4 is 4.78 Å². The molecule has 0 fully saturated rings. The van der Waals surface area contributed by atoms with Crippen LogP contribution in [0.3, 0.4) is 0 Å². The summed E-state index contributed by atoms with van der Waals surface area (Å²) in [5.41, 5.74) is 1.36. The van der Waals surface area contributed by atoms with Gasteiger partial charge in [-0.25, -0.2) is 0 Å². The van der Waals surface area contributed by atoms with Gasteiger partial charge < -0.3 is 4.65 Å². The van der Waals surface area contributed by atoms with E-state index in [-0.39, 0.29) is 17.9 Å². The van der Waals surface area contributed by atoms with Crippen LogP contribution in [0.2, 0.25) is 6.82 Å². The van der Waals surface area contributed by atoms with E-state index in [1.54, 1.807) is 11.3 Å². The topological polar surface area (TPSA) is 9.23 Å². The van der Waals surface area contributed by atoms with Crippen molar-refractivity contribution in [1.29, 1.82) is 0 Å². The van der Waals surface area contributed by atoms with Crippen molar-refractivity contribution in [2.45, 2.75) is 54.0 Å². The smallest absolute Gasteiger partial charge is 0.334 e. The van der Waals surface area contributed by atoms with E-state index >= 15 is 0 Å². The maximum atomic E-state index is 6.24. The highest BCUT2D eigenvalue weighted by Gasteiger charge is 2.36. The van der Waals surface area contributed by atoms with E-state index in [4.69, 9.17) is 4.65 Å². The van der Waals surface area contributed by atoms with E-state index in [0.29, 0.717) is 0 Å². The maximum Gasteiger partial charge on any atom is 0.334 e. The summed E-state index contributed by atoms with van der Waals surface area (Å²) in [4.78, 5) is 0. The summed E-state index contributed by atoms with van der Waals surface area (Å²) in [7, 11) is 0. The van der Waals surface area contributed by atoms with Gasteiger partial charge in [0.25, 0.3) is 0 Å². The normalized spacial score (nSPS) is 12.9. The Kier molecular flexibility index (Phi) is 3.91. The van der Waals surface area contributed by atoms with Crippen LogP contribution in [0.5, 0.6) is 0 Å². The third-order valence-electron chi connectivity index (χ3n) is 3.55. The second-order valence-electron chi connectivity index (χ2n) is 5.99. The SMILES string of the molecule is CB(OC(C)(C)C(C)(C)C)c1sccc1C. The van der Waals surface area contributed by atoms with Gasteiger partial charge in [-0.1, -0.05) is 27.6 Å². The third-order valence-corrected chi connectivity index (χ3v) is 4.73. The summed E-state index contributed by atoms with van der Waals surface area (Å²) >= 11 is 1.78. The van der Waals surface area contributed by atoms with E-state index in [1.165, 1.54) is 10.3 Å². The predicted molar refractivity (Wildman–Crippen MR) is 74.9 cm³/mol. The van der Waals surface area contributed by atoms with Crippen LogP contribution in [-0.2, 0) is 4.65 Å². The molecular formula is C13H23BOS. The number of aryl methyl sites for hydroxylation is 1. The van der Waals surface area contributed by atoms with Crippen LogP contribution in [0.1, 0.15) is 40.2 Å². The summed E-state index contributed by atoms with van der Waals surface area (Å²) in [5.74, 6) is 0. The minimum absolute atomic E-state index is 0.122. The van der Waals surface area contributed by atoms with Crippen molar-refractivity contribution in [2.24, 2.45) is 5.41 Å². The molecule has 0 aromatic carbocycles. The van der Waals surface area contributed by atoms with Crippen molar-refractivity contribution in [1.82, 2.24) is 0 Å². The number of rotatable bonds is 3. The zero-order chi connectivity index (χ0) is 12.6. The van der Waals surface area contributed by atoms with Gasteiger partial charge >= 0.3 is 6.92 Å². The van der Waals surface area contributed by atoms with Crippen molar-refractivity contribution in [3.8, 4) is 0 Å². The van der Waals surface area contributed by atoms with Crippen molar-refractivity contribution >= 4 is 23.0 Å². The molecule has 0 saturated carbocycles. The zero-order valence-corrected chi connectivity index (χ0v) is 12.4. The van der Waals surface area contributed by atoms with Crippen LogP contribution in [-0.4, -0.2) is 12.5 Å².